The lowest BCUT2D eigenvalue weighted by molar-refractivity contribution is 0.104. The average Bonchev–Trinajstić information content (AvgIpc) is 2.74. The number of rotatable bonds is 4. The van der Waals surface area contributed by atoms with Crippen molar-refractivity contribution in [3.8, 4) is 6.07 Å². The minimum atomic E-state index is -0.286. The van der Waals surface area contributed by atoms with Gasteiger partial charge in [0.1, 0.15) is 5.54 Å². The van der Waals surface area contributed by atoms with Gasteiger partial charge in [-0.05, 0) is 45.1 Å². The van der Waals surface area contributed by atoms with E-state index in [-0.39, 0.29) is 5.54 Å². The van der Waals surface area contributed by atoms with Crippen molar-refractivity contribution in [2.24, 2.45) is 0 Å². The molecule has 2 fully saturated rings. The Morgan fingerprint density at radius 2 is 2.26 bits per heavy atom. The van der Waals surface area contributed by atoms with Gasteiger partial charge >= 0.3 is 0 Å². The Kier molecular flexibility index (Phi) is 5.62. The molecule has 1 N–H and O–H groups in total. The van der Waals surface area contributed by atoms with Crippen molar-refractivity contribution in [2.45, 2.75) is 57.0 Å². The molecule has 2 rings (SSSR count). The van der Waals surface area contributed by atoms with Crippen molar-refractivity contribution in [1.82, 2.24) is 10.2 Å². The Balaban J connectivity index is 1.96. The first-order chi connectivity index (χ1) is 9.29. The predicted octanol–water partition coefficient (Wildman–Crippen LogP) is 1.91. The SMILES string of the molecule is CCCNC1(C#N)CCCC(N2CCCOCC2)C1. The lowest BCUT2D eigenvalue weighted by atomic mass is 9.79. The summed E-state index contributed by atoms with van der Waals surface area (Å²) in [7, 11) is 0. The summed E-state index contributed by atoms with van der Waals surface area (Å²) < 4.78 is 5.54. The molecule has 0 amide bonds. The summed E-state index contributed by atoms with van der Waals surface area (Å²) in [5, 5.41) is 13.1. The molecule has 0 spiro atoms. The van der Waals surface area contributed by atoms with Gasteiger partial charge in [0, 0.05) is 25.7 Å². The van der Waals surface area contributed by atoms with E-state index in [0.717, 1.165) is 65.0 Å². The maximum absolute atomic E-state index is 9.58. The zero-order valence-electron chi connectivity index (χ0n) is 12.2. The normalized spacial score (nSPS) is 33.6. The number of nitriles is 1. The second-order valence-corrected chi connectivity index (χ2v) is 5.87. The van der Waals surface area contributed by atoms with Gasteiger partial charge in [-0.1, -0.05) is 6.92 Å². The van der Waals surface area contributed by atoms with Gasteiger partial charge in [-0.3, -0.25) is 10.2 Å². The number of ether oxygens (including phenoxy) is 1. The minimum Gasteiger partial charge on any atom is -0.380 e. The van der Waals surface area contributed by atoms with Crippen LogP contribution in [0.15, 0.2) is 0 Å². The van der Waals surface area contributed by atoms with Crippen LogP contribution < -0.4 is 5.32 Å². The Labute approximate surface area is 117 Å². The van der Waals surface area contributed by atoms with E-state index in [1.165, 1.54) is 6.42 Å². The Hall–Kier alpha value is -0.630. The molecule has 1 saturated heterocycles. The fraction of sp³-hybridized carbons (Fsp3) is 0.933. The summed E-state index contributed by atoms with van der Waals surface area (Å²) in [6, 6.07) is 3.12. The summed E-state index contributed by atoms with van der Waals surface area (Å²) in [4.78, 5) is 2.55. The first kappa shape index (κ1) is 14.8. The van der Waals surface area contributed by atoms with E-state index in [2.05, 4.69) is 23.2 Å². The van der Waals surface area contributed by atoms with Crippen molar-refractivity contribution in [3.63, 3.8) is 0 Å². The summed E-state index contributed by atoms with van der Waals surface area (Å²) in [5.41, 5.74) is -0.286. The molecule has 2 aliphatic rings. The van der Waals surface area contributed by atoms with Gasteiger partial charge in [0.15, 0.2) is 0 Å². The van der Waals surface area contributed by atoms with Crippen molar-refractivity contribution < 1.29 is 4.74 Å². The molecule has 2 atom stereocenters. The van der Waals surface area contributed by atoms with E-state index in [0.29, 0.717) is 6.04 Å². The predicted molar refractivity (Wildman–Crippen MR) is 75.9 cm³/mol. The van der Waals surface area contributed by atoms with E-state index in [1.807, 2.05) is 0 Å². The van der Waals surface area contributed by atoms with Crippen LogP contribution in [0.4, 0.5) is 0 Å². The van der Waals surface area contributed by atoms with Gasteiger partial charge in [-0.2, -0.15) is 5.26 Å². The first-order valence-corrected chi connectivity index (χ1v) is 7.78. The lowest BCUT2D eigenvalue weighted by Gasteiger charge is -2.41. The molecular weight excluding hydrogens is 238 g/mol. The number of hydrogen-bond acceptors (Lipinski definition) is 4. The highest BCUT2D eigenvalue weighted by Gasteiger charge is 2.38. The number of hydrogen-bond donors (Lipinski definition) is 1. The fourth-order valence-electron chi connectivity index (χ4n) is 3.35. The van der Waals surface area contributed by atoms with E-state index >= 15 is 0 Å². The molecule has 19 heavy (non-hydrogen) atoms. The summed E-state index contributed by atoms with van der Waals surface area (Å²) in [6.07, 6.45) is 6.58. The molecule has 1 heterocycles. The zero-order valence-corrected chi connectivity index (χ0v) is 12.2. The van der Waals surface area contributed by atoms with Crippen LogP contribution in [-0.2, 0) is 4.74 Å². The number of nitrogens with zero attached hydrogens (tertiary/aromatic N) is 2. The lowest BCUT2D eigenvalue weighted by Crippen LogP contribution is -2.53. The second kappa shape index (κ2) is 7.23. The van der Waals surface area contributed by atoms with Crippen LogP contribution >= 0.6 is 0 Å². The first-order valence-electron chi connectivity index (χ1n) is 7.78. The zero-order chi connectivity index (χ0) is 13.6. The third-order valence-electron chi connectivity index (χ3n) is 4.43. The third kappa shape index (κ3) is 3.92. The monoisotopic (exact) mass is 265 g/mol. The summed E-state index contributed by atoms with van der Waals surface area (Å²) >= 11 is 0. The molecule has 1 aliphatic heterocycles. The summed E-state index contributed by atoms with van der Waals surface area (Å²) in [5.74, 6) is 0. The smallest absolute Gasteiger partial charge is 0.108 e. The maximum Gasteiger partial charge on any atom is 0.108 e. The molecule has 4 heteroatoms. The van der Waals surface area contributed by atoms with Gasteiger partial charge in [0.25, 0.3) is 0 Å². The van der Waals surface area contributed by atoms with Crippen LogP contribution in [0.1, 0.15) is 45.4 Å². The topological polar surface area (TPSA) is 48.3 Å². The molecular formula is C15H27N3O. The largest absolute Gasteiger partial charge is 0.380 e. The molecule has 1 saturated carbocycles. The van der Waals surface area contributed by atoms with Crippen molar-refractivity contribution in [3.05, 3.63) is 0 Å². The molecule has 1 aliphatic carbocycles. The molecule has 0 aromatic heterocycles. The minimum absolute atomic E-state index is 0.286. The van der Waals surface area contributed by atoms with Crippen LogP contribution in [0, 0.1) is 11.3 Å². The van der Waals surface area contributed by atoms with Gasteiger partial charge in [0.2, 0.25) is 0 Å². The van der Waals surface area contributed by atoms with Crippen LogP contribution in [0.5, 0.6) is 0 Å². The summed E-state index contributed by atoms with van der Waals surface area (Å²) in [6.45, 7) is 6.99. The Morgan fingerprint density at radius 1 is 1.37 bits per heavy atom. The van der Waals surface area contributed by atoms with E-state index in [9.17, 15) is 5.26 Å². The highest BCUT2D eigenvalue weighted by atomic mass is 16.5. The molecule has 108 valence electrons. The quantitative estimate of drug-likeness (QED) is 0.843. The third-order valence-corrected chi connectivity index (χ3v) is 4.43. The standard InChI is InChI=1S/C15H27N3O/c1-2-7-17-15(13-16)6-3-5-14(12-15)18-8-4-10-19-11-9-18/h14,17H,2-12H2,1H3. The van der Waals surface area contributed by atoms with Gasteiger partial charge in [0.05, 0.1) is 12.7 Å². The average molecular weight is 265 g/mol. The molecule has 0 radical (unpaired) electrons. The highest BCUT2D eigenvalue weighted by molar-refractivity contribution is 5.11. The van der Waals surface area contributed by atoms with Crippen molar-refractivity contribution in [1.29, 1.82) is 5.26 Å². The Morgan fingerprint density at radius 3 is 3.05 bits per heavy atom. The van der Waals surface area contributed by atoms with Gasteiger partial charge in [-0.25, -0.2) is 0 Å². The van der Waals surface area contributed by atoms with Gasteiger partial charge in [-0.15, -0.1) is 0 Å². The molecule has 4 nitrogen and oxygen atoms in total. The van der Waals surface area contributed by atoms with Gasteiger partial charge < -0.3 is 4.74 Å². The van der Waals surface area contributed by atoms with E-state index in [1.54, 1.807) is 0 Å². The maximum atomic E-state index is 9.58. The molecule has 0 aromatic carbocycles. The highest BCUT2D eigenvalue weighted by Crippen LogP contribution is 2.31. The van der Waals surface area contributed by atoms with Crippen LogP contribution in [0.25, 0.3) is 0 Å². The number of nitrogens with one attached hydrogen (secondary N) is 1. The fourth-order valence-corrected chi connectivity index (χ4v) is 3.35. The molecule has 0 aromatic rings. The van der Waals surface area contributed by atoms with Crippen molar-refractivity contribution >= 4 is 0 Å². The second-order valence-electron chi connectivity index (χ2n) is 5.87. The Bertz CT molecular complexity index is 307. The van der Waals surface area contributed by atoms with E-state index in [4.69, 9.17) is 4.74 Å². The van der Waals surface area contributed by atoms with Crippen LogP contribution in [0.2, 0.25) is 0 Å². The van der Waals surface area contributed by atoms with Crippen molar-refractivity contribution in [2.75, 3.05) is 32.8 Å². The van der Waals surface area contributed by atoms with Crippen LogP contribution in [-0.4, -0.2) is 49.3 Å². The van der Waals surface area contributed by atoms with Crippen LogP contribution in [0.3, 0.4) is 0 Å². The molecule has 2 unspecified atom stereocenters. The van der Waals surface area contributed by atoms with E-state index < -0.39 is 0 Å². The molecule has 0 bridgehead atoms.